The van der Waals surface area contributed by atoms with Crippen LogP contribution in [0.25, 0.3) is 0 Å². The molecular weight excluding hydrogens is 176 g/mol. The predicted octanol–water partition coefficient (Wildman–Crippen LogP) is 1.97. The van der Waals surface area contributed by atoms with E-state index in [2.05, 4.69) is 0 Å². The van der Waals surface area contributed by atoms with Crippen LogP contribution in [0.5, 0.6) is 5.75 Å². The van der Waals surface area contributed by atoms with Crippen molar-refractivity contribution < 1.29 is 5.11 Å². The molecule has 76 valence electrons. The summed E-state index contributed by atoms with van der Waals surface area (Å²) in [5, 5.41) is 16.9. The van der Waals surface area contributed by atoms with E-state index in [1.807, 2.05) is 26.8 Å². The topological polar surface area (TPSA) is 70.1 Å². The summed E-state index contributed by atoms with van der Waals surface area (Å²) < 4.78 is 0. The molecule has 0 amide bonds. The van der Waals surface area contributed by atoms with E-state index in [1.54, 1.807) is 6.07 Å². The van der Waals surface area contributed by atoms with Crippen LogP contribution < -0.4 is 5.73 Å². The Bertz CT molecular complexity index is 364. The van der Waals surface area contributed by atoms with Crippen molar-refractivity contribution in [1.29, 1.82) is 5.41 Å². The third-order valence-corrected chi connectivity index (χ3v) is 2.12. The zero-order valence-corrected chi connectivity index (χ0v) is 8.76. The lowest BCUT2D eigenvalue weighted by Gasteiger charge is -2.20. The number of amidine groups is 1. The second-order valence-electron chi connectivity index (χ2n) is 4.40. The maximum atomic E-state index is 9.72. The van der Waals surface area contributed by atoms with Crippen LogP contribution in [-0.4, -0.2) is 10.9 Å². The molecule has 0 aliphatic rings. The van der Waals surface area contributed by atoms with Crippen LogP contribution >= 0.6 is 0 Å². The van der Waals surface area contributed by atoms with Crippen LogP contribution in [0.15, 0.2) is 18.2 Å². The fourth-order valence-corrected chi connectivity index (χ4v) is 1.33. The van der Waals surface area contributed by atoms with E-state index in [-0.39, 0.29) is 17.0 Å². The average Bonchev–Trinajstić information content (AvgIpc) is 2.01. The van der Waals surface area contributed by atoms with Gasteiger partial charge in [-0.2, -0.15) is 0 Å². The fourth-order valence-electron chi connectivity index (χ4n) is 1.33. The number of phenolic OH excluding ortho intramolecular Hbond substituents is 1. The number of benzene rings is 1. The summed E-state index contributed by atoms with van der Waals surface area (Å²) in [6, 6.07) is 5.09. The molecule has 3 heteroatoms. The lowest BCUT2D eigenvalue weighted by Crippen LogP contribution is -2.14. The van der Waals surface area contributed by atoms with E-state index in [4.69, 9.17) is 11.1 Å². The van der Waals surface area contributed by atoms with E-state index in [0.29, 0.717) is 5.56 Å². The van der Waals surface area contributed by atoms with Gasteiger partial charge in [-0.3, -0.25) is 5.41 Å². The Hall–Kier alpha value is -1.51. The van der Waals surface area contributed by atoms with Gasteiger partial charge in [0.15, 0.2) is 0 Å². The summed E-state index contributed by atoms with van der Waals surface area (Å²) in [6.07, 6.45) is 0. The minimum Gasteiger partial charge on any atom is -0.508 e. The summed E-state index contributed by atoms with van der Waals surface area (Å²) in [4.78, 5) is 0. The number of hydrogen-bond acceptors (Lipinski definition) is 2. The minimum absolute atomic E-state index is 0.0271. The molecule has 1 aromatic rings. The number of phenols is 1. The second-order valence-corrected chi connectivity index (χ2v) is 4.40. The minimum atomic E-state index is -0.0978. The molecule has 0 aliphatic carbocycles. The lowest BCUT2D eigenvalue weighted by molar-refractivity contribution is 0.446. The molecular formula is C11H16N2O. The molecule has 0 radical (unpaired) electrons. The molecule has 0 unspecified atom stereocenters. The van der Waals surface area contributed by atoms with Crippen molar-refractivity contribution in [3.8, 4) is 5.75 Å². The van der Waals surface area contributed by atoms with Crippen LogP contribution in [0, 0.1) is 5.41 Å². The number of nitrogens with two attached hydrogens (primary N) is 1. The summed E-state index contributed by atoms with van der Waals surface area (Å²) in [5.41, 5.74) is 6.63. The van der Waals surface area contributed by atoms with Crippen LogP contribution in [0.2, 0.25) is 0 Å². The van der Waals surface area contributed by atoms with Crippen molar-refractivity contribution in [3.05, 3.63) is 29.3 Å². The van der Waals surface area contributed by atoms with Crippen molar-refractivity contribution in [3.63, 3.8) is 0 Å². The molecule has 4 N–H and O–H groups in total. The highest BCUT2D eigenvalue weighted by Gasteiger charge is 2.18. The molecule has 1 rings (SSSR count). The quantitative estimate of drug-likeness (QED) is 0.470. The highest BCUT2D eigenvalue weighted by Crippen LogP contribution is 2.30. The van der Waals surface area contributed by atoms with Crippen molar-refractivity contribution >= 4 is 5.84 Å². The van der Waals surface area contributed by atoms with Crippen molar-refractivity contribution in [2.75, 3.05) is 0 Å². The van der Waals surface area contributed by atoms with E-state index < -0.39 is 0 Å². The van der Waals surface area contributed by atoms with Crippen LogP contribution in [-0.2, 0) is 5.41 Å². The molecule has 14 heavy (non-hydrogen) atoms. The Balaban J connectivity index is 3.21. The number of hydrogen-bond donors (Lipinski definition) is 3. The van der Waals surface area contributed by atoms with Gasteiger partial charge in [0.25, 0.3) is 0 Å². The van der Waals surface area contributed by atoms with Crippen LogP contribution in [0.1, 0.15) is 31.9 Å². The number of rotatable bonds is 1. The number of nitrogen functional groups attached to an aromatic ring is 1. The van der Waals surface area contributed by atoms with Gasteiger partial charge in [0.2, 0.25) is 0 Å². The first-order valence-corrected chi connectivity index (χ1v) is 4.50. The van der Waals surface area contributed by atoms with E-state index >= 15 is 0 Å². The summed E-state index contributed by atoms with van der Waals surface area (Å²) >= 11 is 0. The van der Waals surface area contributed by atoms with Crippen molar-refractivity contribution in [2.45, 2.75) is 26.2 Å². The van der Waals surface area contributed by atoms with E-state index in [0.717, 1.165) is 5.56 Å². The Kier molecular flexibility index (Phi) is 2.51. The van der Waals surface area contributed by atoms with E-state index in [1.165, 1.54) is 6.07 Å². The monoisotopic (exact) mass is 192 g/mol. The van der Waals surface area contributed by atoms with Gasteiger partial charge in [-0.1, -0.05) is 32.9 Å². The Labute approximate surface area is 84.1 Å². The highest BCUT2D eigenvalue weighted by atomic mass is 16.3. The summed E-state index contributed by atoms with van der Waals surface area (Å²) in [6.45, 7) is 6.07. The second kappa shape index (κ2) is 3.33. The Morgan fingerprint density at radius 2 is 1.93 bits per heavy atom. The number of nitrogens with one attached hydrogen (secondary N) is 1. The van der Waals surface area contributed by atoms with Gasteiger partial charge >= 0.3 is 0 Å². The van der Waals surface area contributed by atoms with Gasteiger partial charge < -0.3 is 10.8 Å². The zero-order chi connectivity index (χ0) is 10.9. The van der Waals surface area contributed by atoms with E-state index in [9.17, 15) is 5.11 Å². The first kappa shape index (κ1) is 10.6. The van der Waals surface area contributed by atoms with Gasteiger partial charge in [-0.05, 0) is 17.0 Å². The standard InChI is InChI=1S/C11H16N2O/c1-11(2,3)8-5-4-7(10(12)13)6-9(8)14/h4-6,14H,1-3H3,(H3,12,13). The molecule has 3 nitrogen and oxygen atoms in total. The Morgan fingerprint density at radius 3 is 2.29 bits per heavy atom. The maximum Gasteiger partial charge on any atom is 0.122 e. The van der Waals surface area contributed by atoms with Crippen LogP contribution in [0.4, 0.5) is 0 Å². The highest BCUT2D eigenvalue weighted by molar-refractivity contribution is 5.95. The largest absolute Gasteiger partial charge is 0.508 e. The molecule has 0 fully saturated rings. The fraction of sp³-hybridized carbons (Fsp3) is 0.364. The molecule has 0 heterocycles. The molecule has 1 aromatic carbocycles. The maximum absolute atomic E-state index is 9.72. The Morgan fingerprint density at radius 1 is 1.36 bits per heavy atom. The molecule has 0 aromatic heterocycles. The zero-order valence-electron chi connectivity index (χ0n) is 8.76. The third-order valence-electron chi connectivity index (χ3n) is 2.12. The first-order chi connectivity index (χ1) is 6.32. The summed E-state index contributed by atoms with van der Waals surface area (Å²) in [5.74, 6) is 0.172. The van der Waals surface area contributed by atoms with Gasteiger partial charge in [0.05, 0.1) is 0 Å². The SMILES string of the molecule is CC(C)(C)c1ccc(C(=N)N)cc1O. The summed E-state index contributed by atoms with van der Waals surface area (Å²) in [7, 11) is 0. The molecule has 0 aliphatic heterocycles. The third kappa shape index (κ3) is 2.05. The first-order valence-electron chi connectivity index (χ1n) is 4.50. The van der Waals surface area contributed by atoms with Gasteiger partial charge in [0.1, 0.15) is 11.6 Å². The molecule has 0 bridgehead atoms. The molecule has 0 saturated carbocycles. The number of aromatic hydroxyl groups is 1. The predicted molar refractivity (Wildman–Crippen MR) is 57.8 cm³/mol. The average molecular weight is 192 g/mol. The van der Waals surface area contributed by atoms with Gasteiger partial charge in [-0.25, -0.2) is 0 Å². The smallest absolute Gasteiger partial charge is 0.122 e. The van der Waals surface area contributed by atoms with Gasteiger partial charge in [0, 0.05) is 5.56 Å². The molecule has 0 saturated heterocycles. The normalized spacial score (nSPS) is 11.4. The van der Waals surface area contributed by atoms with Crippen LogP contribution in [0.3, 0.4) is 0 Å². The van der Waals surface area contributed by atoms with Crippen molar-refractivity contribution in [2.24, 2.45) is 5.73 Å². The molecule has 0 spiro atoms. The lowest BCUT2D eigenvalue weighted by atomic mass is 9.86. The molecule has 0 atom stereocenters. The van der Waals surface area contributed by atoms with Gasteiger partial charge in [-0.15, -0.1) is 0 Å². The van der Waals surface area contributed by atoms with Crippen molar-refractivity contribution in [1.82, 2.24) is 0 Å².